The minimum atomic E-state index is -0.0411. The average molecular weight is 248 g/mol. The van der Waals surface area contributed by atoms with Gasteiger partial charge in [0.15, 0.2) is 5.69 Å². The number of nitrogens with two attached hydrogens (primary N) is 1. The van der Waals surface area contributed by atoms with Gasteiger partial charge in [0, 0.05) is 13.1 Å². The number of rotatable bonds is 2. The molecule has 0 aliphatic carbocycles. The monoisotopic (exact) mass is 248 g/mol. The van der Waals surface area contributed by atoms with Crippen LogP contribution in [0.15, 0.2) is 12.1 Å². The summed E-state index contributed by atoms with van der Waals surface area (Å²) in [5.41, 5.74) is 6.22. The zero-order valence-corrected chi connectivity index (χ0v) is 11.0. The maximum absolute atomic E-state index is 12.2. The van der Waals surface area contributed by atoms with Gasteiger partial charge in [0.2, 0.25) is 0 Å². The maximum atomic E-state index is 12.2. The van der Waals surface area contributed by atoms with Gasteiger partial charge in [-0.2, -0.15) is 0 Å². The van der Waals surface area contributed by atoms with E-state index in [0.717, 1.165) is 32.4 Å². The Hall–Kier alpha value is -1.65. The lowest BCUT2D eigenvalue weighted by Gasteiger charge is -2.38. The van der Waals surface area contributed by atoms with Crippen LogP contribution in [0.5, 0.6) is 0 Å². The van der Waals surface area contributed by atoms with Gasteiger partial charge in [-0.1, -0.05) is 20.3 Å². The van der Waals surface area contributed by atoms with Crippen molar-refractivity contribution >= 4 is 11.7 Å². The van der Waals surface area contributed by atoms with E-state index >= 15 is 0 Å². The molecular formula is C13H20N4O. The number of nitrogen functional groups attached to an aromatic ring is 1. The van der Waals surface area contributed by atoms with Gasteiger partial charge < -0.3 is 10.6 Å². The normalized spacial score (nSPS) is 18.7. The van der Waals surface area contributed by atoms with Gasteiger partial charge in [0.1, 0.15) is 5.82 Å². The van der Waals surface area contributed by atoms with E-state index in [9.17, 15) is 4.79 Å². The van der Waals surface area contributed by atoms with Crippen LogP contribution in [0.4, 0.5) is 5.82 Å². The van der Waals surface area contributed by atoms with Crippen LogP contribution >= 0.6 is 0 Å². The molecule has 5 nitrogen and oxygen atoms in total. The van der Waals surface area contributed by atoms with Gasteiger partial charge in [-0.05, 0) is 30.4 Å². The quantitative estimate of drug-likeness (QED) is 0.864. The molecule has 0 aromatic carbocycles. The molecule has 0 bridgehead atoms. The van der Waals surface area contributed by atoms with E-state index < -0.39 is 0 Å². The third-order valence-corrected chi connectivity index (χ3v) is 4.02. The second kappa shape index (κ2) is 4.92. The van der Waals surface area contributed by atoms with Crippen LogP contribution in [0.1, 0.15) is 43.6 Å². The summed E-state index contributed by atoms with van der Waals surface area (Å²) in [7, 11) is 0. The molecule has 0 radical (unpaired) electrons. The second-order valence-corrected chi connectivity index (χ2v) is 5.30. The Morgan fingerprint density at radius 3 is 2.56 bits per heavy atom. The predicted octanol–water partition coefficient (Wildman–Crippen LogP) is 1.71. The standard InChI is InChI=1S/C13H20N4O/c1-3-13(2)6-8-17(9-7-13)12(18)10-4-5-11(14)16-15-10/h4-5H,3,6-9H2,1-2H3,(H2,14,16). The molecule has 0 spiro atoms. The van der Waals surface area contributed by atoms with Crippen molar-refractivity contribution in [3.63, 3.8) is 0 Å². The lowest BCUT2D eigenvalue weighted by atomic mass is 9.78. The van der Waals surface area contributed by atoms with Crippen molar-refractivity contribution in [2.75, 3.05) is 18.8 Å². The highest BCUT2D eigenvalue weighted by Crippen LogP contribution is 2.34. The number of piperidine rings is 1. The zero-order valence-electron chi connectivity index (χ0n) is 11.0. The molecular weight excluding hydrogens is 228 g/mol. The third-order valence-electron chi connectivity index (χ3n) is 4.02. The smallest absolute Gasteiger partial charge is 0.274 e. The Bertz CT molecular complexity index is 421. The fourth-order valence-electron chi connectivity index (χ4n) is 2.22. The molecule has 1 aliphatic heterocycles. The minimum Gasteiger partial charge on any atom is -0.382 e. The van der Waals surface area contributed by atoms with Crippen molar-refractivity contribution in [1.82, 2.24) is 15.1 Å². The summed E-state index contributed by atoms with van der Waals surface area (Å²) in [6.07, 6.45) is 3.27. The summed E-state index contributed by atoms with van der Waals surface area (Å²) in [6.45, 7) is 6.10. The van der Waals surface area contributed by atoms with Gasteiger partial charge >= 0.3 is 0 Å². The van der Waals surface area contributed by atoms with E-state index in [-0.39, 0.29) is 5.91 Å². The number of amides is 1. The van der Waals surface area contributed by atoms with Crippen LogP contribution < -0.4 is 5.73 Å². The summed E-state index contributed by atoms with van der Waals surface area (Å²) < 4.78 is 0. The first-order valence-corrected chi connectivity index (χ1v) is 6.42. The molecule has 98 valence electrons. The number of hydrogen-bond acceptors (Lipinski definition) is 4. The molecule has 0 unspecified atom stereocenters. The number of likely N-dealkylation sites (tertiary alicyclic amines) is 1. The zero-order chi connectivity index (χ0) is 13.2. The van der Waals surface area contributed by atoms with Crippen molar-refractivity contribution in [3.8, 4) is 0 Å². The van der Waals surface area contributed by atoms with E-state index in [1.807, 2.05) is 4.90 Å². The van der Waals surface area contributed by atoms with Crippen LogP contribution in [0.2, 0.25) is 0 Å². The third kappa shape index (κ3) is 2.60. The van der Waals surface area contributed by atoms with E-state index in [4.69, 9.17) is 5.73 Å². The Labute approximate surface area is 107 Å². The molecule has 2 rings (SSSR count). The topological polar surface area (TPSA) is 72.1 Å². The summed E-state index contributed by atoms with van der Waals surface area (Å²) in [6, 6.07) is 3.25. The van der Waals surface area contributed by atoms with Crippen molar-refractivity contribution in [2.45, 2.75) is 33.1 Å². The lowest BCUT2D eigenvalue weighted by molar-refractivity contribution is 0.0593. The fraction of sp³-hybridized carbons (Fsp3) is 0.615. The number of nitrogens with zero attached hydrogens (tertiary/aromatic N) is 3. The Balaban J connectivity index is 2.01. The fourth-order valence-corrected chi connectivity index (χ4v) is 2.22. The van der Waals surface area contributed by atoms with Crippen molar-refractivity contribution < 1.29 is 4.79 Å². The summed E-state index contributed by atoms with van der Waals surface area (Å²) >= 11 is 0. The SMILES string of the molecule is CCC1(C)CCN(C(=O)c2ccc(N)nn2)CC1. The number of anilines is 1. The van der Waals surface area contributed by atoms with Gasteiger partial charge in [0.05, 0.1) is 0 Å². The van der Waals surface area contributed by atoms with Crippen molar-refractivity contribution in [3.05, 3.63) is 17.8 Å². The molecule has 1 aromatic heterocycles. The number of aromatic nitrogens is 2. The molecule has 5 heteroatoms. The van der Waals surface area contributed by atoms with Crippen LogP contribution in [0.3, 0.4) is 0 Å². The first-order valence-electron chi connectivity index (χ1n) is 6.42. The van der Waals surface area contributed by atoms with Crippen LogP contribution in [-0.4, -0.2) is 34.1 Å². The first-order chi connectivity index (χ1) is 8.54. The van der Waals surface area contributed by atoms with Gasteiger partial charge in [-0.3, -0.25) is 4.79 Å². The van der Waals surface area contributed by atoms with E-state index in [1.165, 1.54) is 0 Å². The first kappa shape index (κ1) is 12.8. The molecule has 18 heavy (non-hydrogen) atoms. The molecule has 2 heterocycles. The summed E-state index contributed by atoms with van der Waals surface area (Å²) in [4.78, 5) is 14.1. The molecule has 0 atom stereocenters. The van der Waals surface area contributed by atoms with Crippen molar-refractivity contribution in [1.29, 1.82) is 0 Å². The molecule has 1 aliphatic rings. The predicted molar refractivity (Wildman–Crippen MR) is 70.0 cm³/mol. The van der Waals surface area contributed by atoms with Gasteiger partial charge in [-0.15, -0.1) is 10.2 Å². The second-order valence-electron chi connectivity index (χ2n) is 5.30. The molecule has 2 N–H and O–H groups in total. The van der Waals surface area contributed by atoms with Crippen LogP contribution in [-0.2, 0) is 0 Å². The molecule has 1 amide bonds. The Morgan fingerprint density at radius 1 is 1.39 bits per heavy atom. The molecule has 1 saturated heterocycles. The van der Waals surface area contributed by atoms with Crippen molar-refractivity contribution in [2.24, 2.45) is 5.41 Å². The highest BCUT2D eigenvalue weighted by molar-refractivity contribution is 5.92. The van der Waals surface area contributed by atoms with E-state index in [0.29, 0.717) is 16.9 Å². The molecule has 1 aromatic rings. The highest BCUT2D eigenvalue weighted by Gasteiger charge is 2.31. The maximum Gasteiger partial charge on any atom is 0.274 e. The highest BCUT2D eigenvalue weighted by atomic mass is 16.2. The van der Waals surface area contributed by atoms with Gasteiger partial charge in [0.25, 0.3) is 5.91 Å². The summed E-state index contributed by atoms with van der Waals surface area (Å²) in [5.74, 6) is 0.296. The number of hydrogen-bond donors (Lipinski definition) is 1. The molecule has 0 saturated carbocycles. The Morgan fingerprint density at radius 2 is 2.06 bits per heavy atom. The Kier molecular flexibility index (Phi) is 3.50. The lowest BCUT2D eigenvalue weighted by Crippen LogP contribution is -2.42. The van der Waals surface area contributed by atoms with E-state index in [2.05, 4.69) is 24.0 Å². The minimum absolute atomic E-state index is 0.0411. The number of carbonyl (C=O) groups excluding carboxylic acids is 1. The van der Waals surface area contributed by atoms with Crippen LogP contribution in [0, 0.1) is 5.41 Å². The number of carbonyl (C=O) groups is 1. The summed E-state index contributed by atoms with van der Waals surface area (Å²) in [5, 5.41) is 7.56. The van der Waals surface area contributed by atoms with Crippen LogP contribution in [0.25, 0.3) is 0 Å². The molecule has 1 fully saturated rings. The largest absolute Gasteiger partial charge is 0.382 e. The van der Waals surface area contributed by atoms with Gasteiger partial charge in [-0.25, -0.2) is 0 Å². The average Bonchev–Trinajstić information content (AvgIpc) is 2.40. The van der Waals surface area contributed by atoms with E-state index in [1.54, 1.807) is 12.1 Å².